The Labute approximate surface area is 145 Å². The van der Waals surface area contributed by atoms with E-state index in [0.29, 0.717) is 11.9 Å². The van der Waals surface area contributed by atoms with Crippen LogP contribution in [0.15, 0.2) is 30.9 Å². The Hall–Kier alpha value is -2.70. The fourth-order valence-corrected chi connectivity index (χ4v) is 3.36. The van der Waals surface area contributed by atoms with Crippen molar-refractivity contribution in [3.8, 4) is 6.01 Å². The van der Waals surface area contributed by atoms with Gasteiger partial charge in [-0.25, -0.2) is 19.5 Å². The summed E-state index contributed by atoms with van der Waals surface area (Å²) in [6, 6.07) is 2.64. The average Bonchev–Trinajstić information content (AvgIpc) is 3.22. The molecule has 1 unspecified atom stereocenters. The predicted molar refractivity (Wildman–Crippen MR) is 93.0 cm³/mol. The van der Waals surface area contributed by atoms with Gasteiger partial charge in [0.2, 0.25) is 0 Å². The highest BCUT2D eigenvalue weighted by atomic mass is 16.5. The van der Waals surface area contributed by atoms with Gasteiger partial charge in [-0.15, -0.1) is 0 Å². The van der Waals surface area contributed by atoms with Gasteiger partial charge in [-0.2, -0.15) is 5.10 Å². The first-order valence-electron chi connectivity index (χ1n) is 8.81. The summed E-state index contributed by atoms with van der Waals surface area (Å²) >= 11 is 0. The van der Waals surface area contributed by atoms with Gasteiger partial charge in [-0.3, -0.25) is 0 Å². The normalized spacial score (nSPS) is 20.4. The van der Waals surface area contributed by atoms with Crippen LogP contribution in [0.25, 0.3) is 5.52 Å². The number of nitrogens with zero attached hydrogens (tertiary/aromatic N) is 6. The molecular weight excluding hydrogens is 316 g/mol. The second kappa shape index (κ2) is 5.68. The SMILES string of the molecule is Cc1cnc(OC2CCN(c3nccn4nc(C5CC5)cc34)C2)nc1. The number of anilines is 1. The Balaban J connectivity index is 1.35. The minimum Gasteiger partial charge on any atom is -0.458 e. The molecule has 128 valence electrons. The second-order valence-corrected chi connectivity index (χ2v) is 6.94. The molecule has 2 aliphatic rings. The summed E-state index contributed by atoms with van der Waals surface area (Å²) in [4.78, 5) is 15.4. The van der Waals surface area contributed by atoms with Crippen LogP contribution in [0.1, 0.15) is 36.4 Å². The Morgan fingerprint density at radius 2 is 1.96 bits per heavy atom. The quantitative estimate of drug-likeness (QED) is 0.728. The summed E-state index contributed by atoms with van der Waals surface area (Å²) in [5.41, 5.74) is 3.30. The summed E-state index contributed by atoms with van der Waals surface area (Å²) in [6.45, 7) is 3.66. The number of ether oxygens (including phenoxy) is 1. The van der Waals surface area contributed by atoms with Crippen LogP contribution in [0.3, 0.4) is 0 Å². The zero-order valence-electron chi connectivity index (χ0n) is 14.2. The van der Waals surface area contributed by atoms with Crippen LogP contribution in [0, 0.1) is 6.92 Å². The molecule has 7 nitrogen and oxygen atoms in total. The lowest BCUT2D eigenvalue weighted by Crippen LogP contribution is -2.26. The lowest BCUT2D eigenvalue weighted by molar-refractivity contribution is 0.206. The van der Waals surface area contributed by atoms with Crippen molar-refractivity contribution >= 4 is 11.3 Å². The van der Waals surface area contributed by atoms with Crippen molar-refractivity contribution in [2.24, 2.45) is 0 Å². The monoisotopic (exact) mass is 336 g/mol. The van der Waals surface area contributed by atoms with Crippen molar-refractivity contribution in [2.45, 2.75) is 38.2 Å². The predicted octanol–water partition coefficient (Wildman–Crippen LogP) is 2.36. The van der Waals surface area contributed by atoms with Crippen molar-refractivity contribution in [2.75, 3.05) is 18.0 Å². The van der Waals surface area contributed by atoms with Crippen molar-refractivity contribution in [1.29, 1.82) is 0 Å². The van der Waals surface area contributed by atoms with Crippen LogP contribution in [0.4, 0.5) is 5.82 Å². The van der Waals surface area contributed by atoms with Crippen LogP contribution in [0.2, 0.25) is 0 Å². The van der Waals surface area contributed by atoms with E-state index in [4.69, 9.17) is 9.84 Å². The van der Waals surface area contributed by atoms with Crippen LogP contribution >= 0.6 is 0 Å². The van der Waals surface area contributed by atoms with E-state index in [0.717, 1.165) is 36.4 Å². The molecule has 0 amide bonds. The largest absolute Gasteiger partial charge is 0.458 e. The number of hydrogen-bond acceptors (Lipinski definition) is 6. The summed E-state index contributed by atoms with van der Waals surface area (Å²) in [7, 11) is 0. The molecule has 25 heavy (non-hydrogen) atoms. The molecule has 1 saturated carbocycles. The van der Waals surface area contributed by atoms with E-state index in [2.05, 4.69) is 25.9 Å². The third kappa shape index (κ3) is 2.79. The number of hydrogen-bond donors (Lipinski definition) is 0. The molecule has 1 aliphatic heterocycles. The minimum absolute atomic E-state index is 0.0792. The lowest BCUT2D eigenvalue weighted by atomic mass is 10.3. The standard InChI is InChI=1S/C18H20N6O/c1-12-9-20-18(21-10-12)25-14-4-6-23(11-14)17-16-8-15(13-2-3-13)22-24(16)7-5-19-17/h5,7-10,13-14H,2-4,6,11H2,1H3. The van der Waals surface area contributed by atoms with Gasteiger partial charge in [-0.1, -0.05) is 0 Å². The highest BCUT2D eigenvalue weighted by Gasteiger charge is 2.30. The molecule has 4 heterocycles. The Bertz CT molecular complexity index is 902. The van der Waals surface area contributed by atoms with Gasteiger partial charge < -0.3 is 9.64 Å². The van der Waals surface area contributed by atoms with Crippen molar-refractivity contribution in [1.82, 2.24) is 24.6 Å². The molecule has 1 aliphatic carbocycles. The van der Waals surface area contributed by atoms with Crippen LogP contribution in [-0.2, 0) is 0 Å². The number of fused-ring (bicyclic) bond motifs is 1. The van der Waals surface area contributed by atoms with Gasteiger partial charge in [0.25, 0.3) is 0 Å². The second-order valence-electron chi connectivity index (χ2n) is 6.94. The maximum atomic E-state index is 5.93. The topological polar surface area (TPSA) is 68.4 Å². The smallest absolute Gasteiger partial charge is 0.316 e. The molecule has 0 spiro atoms. The maximum Gasteiger partial charge on any atom is 0.316 e. The molecule has 0 radical (unpaired) electrons. The van der Waals surface area contributed by atoms with E-state index < -0.39 is 0 Å². The van der Waals surface area contributed by atoms with E-state index in [1.807, 2.05) is 23.8 Å². The number of aromatic nitrogens is 5. The molecule has 1 atom stereocenters. The fraction of sp³-hybridized carbons (Fsp3) is 0.444. The van der Waals surface area contributed by atoms with E-state index >= 15 is 0 Å². The third-order valence-corrected chi connectivity index (χ3v) is 4.86. The zero-order chi connectivity index (χ0) is 16.8. The number of aryl methyl sites for hydroxylation is 1. The van der Waals surface area contributed by atoms with E-state index in [9.17, 15) is 0 Å². The van der Waals surface area contributed by atoms with Crippen LogP contribution in [-0.4, -0.2) is 43.8 Å². The molecule has 1 saturated heterocycles. The summed E-state index contributed by atoms with van der Waals surface area (Å²) in [6.07, 6.45) is 10.8. The molecule has 5 rings (SSSR count). The van der Waals surface area contributed by atoms with Gasteiger partial charge in [0.1, 0.15) is 11.6 Å². The van der Waals surface area contributed by atoms with Crippen molar-refractivity contribution in [3.05, 3.63) is 42.1 Å². The van der Waals surface area contributed by atoms with Crippen molar-refractivity contribution < 1.29 is 4.74 Å². The Kier molecular flexibility index (Phi) is 3.33. The summed E-state index contributed by atoms with van der Waals surface area (Å²) < 4.78 is 7.89. The highest BCUT2D eigenvalue weighted by molar-refractivity contribution is 5.69. The molecule has 7 heteroatoms. The maximum absolute atomic E-state index is 5.93. The summed E-state index contributed by atoms with van der Waals surface area (Å²) in [5, 5.41) is 4.70. The van der Waals surface area contributed by atoms with Gasteiger partial charge in [0.05, 0.1) is 12.2 Å². The first-order chi connectivity index (χ1) is 12.3. The van der Waals surface area contributed by atoms with Gasteiger partial charge in [0.15, 0.2) is 5.82 Å². The zero-order valence-corrected chi connectivity index (χ0v) is 14.2. The molecule has 3 aromatic heterocycles. The highest BCUT2D eigenvalue weighted by Crippen LogP contribution is 2.40. The minimum atomic E-state index is 0.0792. The van der Waals surface area contributed by atoms with E-state index in [1.165, 1.54) is 18.5 Å². The van der Waals surface area contributed by atoms with Gasteiger partial charge in [0, 0.05) is 43.7 Å². The average molecular weight is 336 g/mol. The first-order valence-corrected chi connectivity index (χ1v) is 8.81. The molecule has 2 fully saturated rings. The van der Waals surface area contributed by atoms with E-state index in [-0.39, 0.29) is 6.10 Å². The molecule has 0 N–H and O–H groups in total. The first kappa shape index (κ1) is 14.6. The third-order valence-electron chi connectivity index (χ3n) is 4.86. The summed E-state index contributed by atoms with van der Waals surface area (Å²) in [5.74, 6) is 1.62. The number of rotatable bonds is 4. The molecular formula is C18H20N6O. The molecule has 3 aromatic rings. The fourth-order valence-electron chi connectivity index (χ4n) is 3.36. The lowest BCUT2D eigenvalue weighted by Gasteiger charge is -2.18. The van der Waals surface area contributed by atoms with Gasteiger partial charge >= 0.3 is 6.01 Å². The van der Waals surface area contributed by atoms with Gasteiger partial charge in [-0.05, 0) is 31.4 Å². The van der Waals surface area contributed by atoms with Crippen LogP contribution in [0.5, 0.6) is 6.01 Å². The molecule has 0 aromatic carbocycles. The molecule has 0 bridgehead atoms. The van der Waals surface area contributed by atoms with E-state index in [1.54, 1.807) is 12.4 Å². The van der Waals surface area contributed by atoms with Crippen LogP contribution < -0.4 is 9.64 Å². The Morgan fingerprint density at radius 3 is 2.76 bits per heavy atom. The Morgan fingerprint density at radius 1 is 1.12 bits per heavy atom. The van der Waals surface area contributed by atoms with Crippen molar-refractivity contribution in [3.63, 3.8) is 0 Å².